The predicted octanol–water partition coefficient (Wildman–Crippen LogP) is 3.87. The Morgan fingerprint density at radius 3 is 2.62 bits per heavy atom. The molecule has 1 aromatic carbocycles. The number of nitrogens with zero attached hydrogens (tertiary/aromatic N) is 3. The van der Waals surface area contributed by atoms with Crippen LogP contribution in [0.25, 0.3) is 11.4 Å². The Morgan fingerprint density at radius 2 is 2.00 bits per heavy atom. The minimum atomic E-state index is 0.162. The van der Waals surface area contributed by atoms with Crippen molar-refractivity contribution in [2.45, 2.75) is 53.5 Å². The van der Waals surface area contributed by atoms with Gasteiger partial charge in [-0.15, -0.1) is 0 Å². The average molecular weight is 329 g/mol. The van der Waals surface area contributed by atoms with Crippen LogP contribution in [0.2, 0.25) is 0 Å². The van der Waals surface area contributed by atoms with E-state index in [1.54, 1.807) is 0 Å². The van der Waals surface area contributed by atoms with Crippen LogP contribution in [0.3, 0.4) is 0 Å². The van der Waals surface area contributed by atoms with E-state index in [0.717, 1.165) is 11.1 Å². The third kappa shape index (κ3) is 4.91. The number of carbonyl (C=O) groups is 1. The lowest BCUT2D eigenvalue weighted by atomic mass is 10.1. The van der Waals surface area contributed by atoms with Crippen molar-refractivity contribution in [2.75, 3.05) is 6.54 Å². The van der Waals surface area contributed by atoms with Crippen LogP contribution in [-0.2, 0) is 11.2 Å². The summed E-state index contributed by atoms with van der Waals surface area (Å²) in [5.41, 5.74) is 2.10. The van der Waals surface area contributed by atoms with Crippen LogP contribution in [0.5, 0.6) is 0 Å². The maximum atomic E-state index is 12.3. The van der Waals surface area contributed by atoms with Crippen molar-refractivity contribution in [3.05, 3.63) is 35.7 Å². The second-order valence-electron chi connectivity index (χ2n) is 6.91. The molecule has 0 radical (unpaired) electrons. The highest BCUT2D eigenvalue weighted by molar-refractivity contribution is 5.76. The van der Waals surface area contributed by atoms with Gasteiger partial charge in [-0.1, -0.05) is 42.8 Å². The standard InChI is InChI=1S/C19H27N3O2/c1-13(2)11-18(23)22(14(3)4)10-9-17-20-19(21-24-17)16-8-6-7-15(5)12-16/h6-8,12-14H,9-11H2,1-5H3. The molecule has 0 aliphatic rings. The molecule has 5 heteroatoms. The molecule has 24 heavy (non-hydrogen) atoms. The summed E-state index contributed by atoms with van der Waals surface area (Å²) in [5.74, 6) is 1.70. The van der Waals surface area contributed by atoms with Gasteiger partial charge in [0.05, 0.1) is 0 Å². The van der Waals surface area contributed by atoms with Gasteiger partial charge in [0.15, 0.2) is 0 Å². The van der Waals surface area contributed by atoms with Crippen molar-refractivity contribution in [1.29, 1.82) is 0 Å². The fraction of sp³-hybridized carbons (Fsp3) is 0.526. The number of hydrogen-bond donors (Lipinski definition) is 0. The molecule has 0 spiro atoms. The normalized spacial score (nSPS) is 11.3. The molecule has 1 heterocycles. The molecule has 5 nitrogen and oxygen atoms in total. The smallest absolute Gasteiger partial charge is 0.228 e. The summed E-state index contributed by atoms with van der Waals surface area (Å²) in [4.78, 5) is 18.7. The molecule has 0 aliphatic heterocycles. The number of aromatic nitrogens is 2. The van der Waals surface area contributed by atoms with E-state index in [0.29, 0.717) is 37.0 Å². The number of carbonyl (C=O) groups excluding carboxylic acids is 1. The van der Waals surface area contributed by atoms with Crippen molar-refractivity contribution in [2.24, 2.45) is 5.92 Å². The van der Waals surface area contributed by atoms with Crippen LogP contribution in [0.1, 0.15) is 45.6 Å². The minimum absolute atomic E-state index is 0.162. The van der Waals surface area contributed by atoms with Gasteiger partial charge in [0, 0.05) is 31.0 Å². The summed E-state index contributed by atoms with van der Waals surface area (Å²) in [5, 5.41) is 4.05. The number of amides is 1. The highest BCUT2D eigenvalue weighted by atomic mass is 16.5. The van der Waals surface area contributed by atoms with Crippen LogP contribution >= 0.6 is 0 Å². The Morgan fingerprint density at radius 1 is 1.25 bits per heavy atom. The fourth-order valence-corrected chi connectivity index (χ4v) is 2.61. The first kappa shape index (κ1) is 18.2. The zero-order valence-electron chi connectivity index (χ0n) is 15.2. The second-order valence-corrected chi connectivity index (χ2v) is 6.91. The lowest BCUT2D eigenvalue weighted by molar-refractivity contribution is -0.133. The van der Waals surface area contributed by atoms with Crippen molar-refractivity contribution >= 4 is 5.91 Å². The molecule has 0 atom stereocenters. The highest BCUT2D eigenvalue weighted by Crippen LogP contribution is 2.17. The summed E-state index contributed by atoms with van der Waals surface area (Å²) in [6.07, 6.45) is 1.14. The number of aryl methyl sites for hydroxylation is 1. The van der Waals surface area contributed by atoms with Crippen molar-refractivity contribution in [3.8, 4) is 11.4 Å². The van der Waals surface area contributed by atoms with E-state index >= 15 is 0 Å². The van der Waals surface area contributed by atoms with Crippen LogP contribution in [0.15, 0.2) is 28.8 Å². The molecular weight excluding hydrogens is 302 g/mol. The Bertz CT molecular complexity index is 677. The van der Waals surface area contributed by atoms with E-state index in [4.69, 9.17) is 4.52 Å². The van der Waals surface area contributed by atoms with Gasteiger partial charge in [-0.3, -0.25) is 4.79 Å². The molecule has 0 saturated carbocycles. The topological polar surface area (TPSA) is 59.2 Å². The maximum absolute atomic E-state index is 12.3. The van der Waals surface area contributed by atoms with Gasteiger partial charge >= 0.3 is 0 Å². The quantitative estimate of drug-likeness (QED) is 0.773. The van der Waals surface area contributed by atoms with Gasteiger partial charge < -0.3 is 9.42 Å². The molecule has 2 aromatic rings. The molecule has 0 N–H and O–H groups in total. The van der Waals surface area contributed by atoms with E-state index in [-0.39, 0.29) is 11.9 Å². The summed E-state index contributed by atoms with van der Waals surface area (Å²) in [6, 6.07) is 8.17. The molecule has 0 aliphatic carbocycles. The number of hydrogen-bond acceptors (Lipinski definition) is 4. The molecular formula is C19H27N3O2. The second kappa shape index (κ2) is 8.08. The maximum Gasteiger partial charge on any atom is 0.228 e. The molecule has 0 bridgehead atoms. The molecule has 0 saturated heterocycles. The Hall–Kier alpha value is -2.17. The van der Waals surface area contributed by atoms with Crippen LogP contribution in [0.4, 0.5) is 0 Å². The average Bonchev–Trinajstić information content (AvgIpc) is 2.95. The molecule has 130 valence electrons. The third-order valence-corrected chi connectivity index (χ3v) is 3.84. The van der Waals surface area contributed by atoms with Crippen molar-refractivity contribution in [1.82, 2.24) is 15.0 Å². The largest absolute Gasteiger partial charge is 0.340 e. The number of rotatable bonds is 7. The van der Waals surface area contributed by atoms with E-state index in [1.807, 2.05) is 49.9 Å². The first-order valence-corrected chi connectivity index (χ1v) is 8.56. The van der Waals surface area contributed by atoms with E-state index in [1.165, 1.54) is 0 Å². The van der Waals surface area contributed by atoms with Crippen molar-refractivity contribution in [3.63, 3.8) is 0 Å². The molecule has 0 unspecified atom stereocenters. The number of benzene rings is 1. The Kier molecular flexibility index (Phi) is 6.12. The van der Waals surface area contributed by atoms with Crippen LogP contribution < -0.4 is 0 Å². The Balaban J connectivity index is 2.02. The predicted molar refractivity (Wildman–Crippen MR) is 94.5 cm³/mol. The van der Waals surface area contributed by atoms with Gasteiger partial charge in [0.2, 0.25) is 17.6 Å². The third-order valence-electron chi connectivity index (χ3n) is 3.84. The summed E-state index contributed by atoms with van der Waals surface area (Å²) in [6.45, 7) is 10.8. The first-order chi connectivity index (χ1) is 11.4. The van der Waals surface area contributed by atoms with Gasteiger partial charge in [-0.2, -0.15) is 4.98 Å². The van der Waals surface area contributed by atoms with Gasteiger partial charge in [0.1, 0.15) is 0 Å². The first-order valence-electron chi connectivity index (χ1n) is 8.56. The summed E-state index contributed by atoms with van der Waals surface area (Å²) < 4.78 is 5.35. The monoisotopic (exact) mass is 329 g/mol. The Labute approximate surface area is 144 Å². The van der Waals surface area contributed by atoms with E-state index < -0.39 is 0 Å². The van der Waals surface area contributed by atoms with Gasteiger partial charge in [-0.05, 0) is 32.8 Å². The molecule has 0 fully saturated rings. The zero-order chi connectivity index (χ0) is 17.7. The zero-order valence-corrected chi connectivity index (χ0v) is 15.2. The summed E-state index contributed by atoms with van der Waals surface area (Å²) >= 11 is 0. The molecule has 1 aromatic heterocycles. The van der Waals surface area contributed by atoms with Gasteiger partial charge in [0.25, 0.3) is 0 Å². The SMILES string of the molecule is Cc1cccc(-c2noc(CCN(C(=O)CC(C)C)C(C)C)n2)c1. The van der Waals surface area contributed by atoms with Crippen molar-refractivity contribution < 1.29 is 9.32 Å². The highest BCUT2D eigenvalue weighted by Gasteiger charge is 2.19. The minimum Gasteiger partial charge on any atom is -0.340 e. The lowest BCUT2D eigenvalue weighted by Gasteiger charge is -2.27. The van der Waals surface area contributed by atoms with Crippen LogP contribution in [0, 0.1) is 12.8 Å². The molecule has 1 amide bonds. The summed E-state index contributed by atoms with van der Waals surface area (Å²) in [7, 11) is 0. The molecule has 2 rings (SSSR count). The van der Waals surface area contributed by atoms with Gasteiger partial charge in [-0.25, -0.2) is 0 Å². The van der Waals surface area contributed by atoms with Crippen LogP contribution in [-0.4, -0.2) is 33.5 Å². The van der Waals surface area contributed by atoms with E-state index in [2.05, 4.69) is 24.0 Å². The fourth-order valence-electron chi connectivity index (χ4n) is 2.61. The van der Waals surface area contributed by atoms with E-state index in [9.17, 15) is 4.79 Å². The lowest BCUT2D eigenvalue weighted by Crippen LogP contribution is -2.39.